The number of H-pyrrole nitrogens is 1. The van der Waals surface area contributed by atoms with Gasteiger partial charge in [0.1, 0.15) is 0 Å². The molecule has 2 amide bonds. The van der Waals surface area contributed by atoms with Crippen LogP contribution in [0.5, 0.6) is 0 Å². The number of amides is 2. The van der Waals surface area contributed by atoms with Gasteiger partial charge in [-0.1, -0.05) is 41.9 Å². The summed E-state index contributed by atoms with van der Waals surface area (Å²) in [7, 11) is 0. The normalized spacial score (nSPS) is 15.3. The van der Waals surface area contributed by atoms with Crippen LogP contribution in [0.15, 0.2) is 73.2 Å². The molecule has 6 nitrogen and oxygen atoms in total. The van der Waals surface area contributed by atoms with Gasteiger partial charge < -0.3 is 15.2 Å². The molecule has 1 unspecified atom stereocenters. The van der Waals surface area contributed by atoms with Crippen LogP contribution < -0.4 is 5.32 Å². The number of benzene rings is 2. The molecule has 1 aliphatic rings. The summed E-state index contributed by atoms with van der Waals surface area (Å²) in [5.74, 6) is -0.221. The average Bonchev–Trinajstić information content (AvgIpc) is 3.30. The van der Waals surface area contributed by atoms with Gasteiger partial charge in [-0.25, -0.2) is 0 Å². The molecule has 0 fully saturated rings. The first-order chi connectivity index (χ1) is 16.1. The first-order valence-corrected chi connectivity index (χ1v) is 11.3. The van der Waals surface area contributed by atoms with E-state index in [4.69, 9.17) is 11.6 Å². The molecule has 4 aromatic rings. The number of halogens is 1. The third kappa shape index (κ3) is 4.47. The lowest BCUT2D eigenvalue weighted by molar-refractivity contribution is -0.133. The predicted octanol–water partition coefficient (Wildman–Crippen LogP) is 4.31. The van der Waals surface area contributed by atoms with Crippen LogP contribution in [0.2, 0.25) is 5.02 Å². The first kappa shape index (κ1) is 21.2. The second kappa shape index (κ2) is 9.08. The van der Waals surface area contributed by atoms with Gasteiger partial charge in [0.15, 0.2) is 0 Å². The molecule has 3 heterocycles. The highest BCUT2D eigenvalue weighted by molar-refractivity contribution is 6.30. The zero-order valence-electron chi connectivity index (χ0n) is 17.9. The van der Waals surface area contributed by atoms with Crippen molar-refractivity contribution in [2.75, 3.05) is 13.1 Å². The fraction of sp³-hybridized carbons (Fsp3) is 0.192. The van der Waals surface area contributed by atoms with Crippen LogP contribution in [-0.4, -0.2) is 39.8 Å². The molecule has 0 radical (unpaired) electrons. The molecule has 2 aromatic heterocycles. The summed E-state index contributed by atoms with van der Waals surface area (Å²) >= 11 is 5.98. The quantitative estimate of drug-likeness (QED) is 0.467. The van der Waals surface area contributed by atoms with E-state index in [0.717, 1.165) is 28.5 Å². The van der Waals surface area contributed by atoms with Crippen molar-refractivity contribution in [1.29, 1.82) is 0 Å². The number of pyridine rings is 1. The number of nitrogens with zero attached hydrogens (tertiary/aromatic N) is 2. The molecule has 7 heteroatoms. The van der Waals surface area contributed by atoms with Gasteiger partial charge in [0, 0.05) is 37.2 Å². The Morgan fingerprint density at radius 1 is 1.12 bits per heavy atom. The molecule has 0 aliphatic carbocycles. The van der Waals surface area contributed by atoms with Gasteiger partial charge >= 0.3 is 0 Å². The van der Waals surface area contributed by atoms with Crippen molar-refractivity contribution >= 4 is 34.3 Å². The Balaban J connectivity index is 1.36. The van der Waals surface area contributed by atoms with E-state index in [-0.39, 0.29) is 17.9 Å². The number of rotatable bonds is 5. The molecular formula is C26H23ClN4O2. The number of fused-ring (bicyclic) bond motifs is 2. The fourth-order valence-electron chi connectivity index (χ4n) is 4.49. The van der Waals surface area contributed by atoms with Crippen LogP contribution in [0.25, 0.3) is 10.9 Å². The summed E-state index contributed by atoms with van der Waals surface area (Å²) in [6.45, 7) is 0.923. The Hall–Kier alpha value is -3.64. The maximum Gasteiger partial charge on any atom is 0.252 e. The number of nitrogens with one attached hydrogen (secondary N) is 2. The Kier molecular flexibility index (Phi) is 5.84. The average molecular weight is 459 g/mol. The van der Waals surface area contributed by atoms with E-state index in [9.17, 15) is 9.59 Å². The molecule has 2 aromatic carbocycles. The maximum absolute atomic E-state index is 13.4. The van der Waals surface area contributed by atoms with E-state index in [1.54, 1.807) is 6.07 Å². The van der Waals surface area contributed by atoms with Crippen molar-refractivity contribution in [3.8, 4) is 0 Å². The van der Waals surface area contributed by atoms with Crippen LogP contribution >= 0.6 is 11.6 Å². The highest BCUT2D eigenvalue weighted by Gasteiger charge is 2.31. The van der Waals surface area contributed by atoms with E-state index in [1.165, 1.54) is 18.0 Å². The Labute approximate surface area is 196 Å². The van der Waals surface area contributed by atoms with Gasteiger partial charge in [-0.3, -0.25) is 14.6 Å². The number of hydrogen-bond donors (Lipinski definition) is 2. The summed E-state index contributed by atoms with van der Waals surface area (Å²) in [5, 5.41) is 4.46. The summed E-state index contributed by atoms with van der Waals surface area (Å²) in [6.07, 6.45) is 5.97. The minimum atomic E-state index is -0.265. The first-order valence-electron chi connectivity index (χ1n) is 10.9. The van der Waals surface area contributed by atoms with Gasteiger partial charge in [-0.05, 0) is 52.8 Å². The smallest absolute Gasteiger partial charge is 0.252 e. The second-order valence-corrected chi connectivity index (χ2v) is 8.67. The lowest BCUT2D eigenvalue weighted by Gasteiger charge is -2.37. The third-order valence-electron chi connectivity index (χ3n) is 6.13. The van der Waals surface area contributed by atoms with Crippen molar-refractivity contribution in [2.45, 2.75) is 18.9 Å². The third-order valence-corrected chi connectivity index (χ3v) is 6.34. The van der Waals surface area contributed by atoms with Crippen molar-refractivity contribution in [1.82, 2.24) is 20.2 Å². The van der Waals surface area contributed by atoms with Crippen molar-refractivity contribution in [3.05, 3.63) is 100 Å². The number of carbonyl (C=O) groups excluding carboxylic acids is 2. The van der Waals surface area contributed by atoms with Crippen molar-refractivity contribution in [3.63, 3.8) is 0 Å². The Morgan fingerprint density at radius 3 is 2.88 bits per heavy atom. The SMILES string of the molecule is O=C(NCC1c2ccccc2CCN1C(=O)Cc1ccc2[nH]ccc2c1)c1cncc(Cl)c1. The lowest BCUT2D eigenvalue weighted by Crippen LogP contribution is -2.45. The molecule has 166 valence electrons. The molecule has 1 aliphatic heterocycles. The molecule has 33 heavy (non-hydrogen) atoms. The monoisotopic (exact) mass is 458 g/mol. The standard InChI is InChI=1S/C26H23ClN4O2/c27-21-13-20(14-28-15-21)26(33)30-16-24-22-4-2-1-3-18(22)8-10-31(24)25(32)12-17-5-6-23-19(11-17)7-9-29-23/h1-7,9,11,13-15,24,29H,8,10,12,16H2,(H,30,33). The number of hydrogen-bond acceptors (Lipinski definition) is 3. The molecule has 2 N–H and O–H groups in total. The number of carbonyl (C=O) groups is 2. The molecule has 5 rings (SSSR count). The van der Waals surface area contributed by atoms with Gasteiger partial charge in [0.05, 0.1) is 23.0 Å². The van der Waals surface area contributed by atoms with E-state index in [1.807, 2.05) is 53.6 Å². The molecule has 1 atom stereocenters. The summed E-state index contributed by atoms with van der Waals surface area (Å²) in [4.78, 5) is 35.2. The van der Waals surface area contributed by atoms with Crippen LogP contribution in [0, 0.1) is 0 Å². The van der Waals surface area contributed by atoms with Gasteiger partial charge in [-0.2, -0.15) is 0 Å². The van der Waals surface area contributed by atoms with Crippen LogP contribution in [0.1, 0.15) is 33.1 Å². The minimum Gasteiger partial charge on any atom is -0.361 e. The lowest BCUT2D eigenvalue weighted by atomic mass is 9.91. The predicted molar refractivity (Wildman–Crippen MR) is 128 cm³/mol. The summed E-state index contributed by atoms with van der Waals surface area (Å²) in [6, 6.07) is 17.5. The van der Waals surface area contributed by atoms with Crippen molar-refractivity contribution < 1.29 is 9.59 Å². The van der Waals surface area contributed by atoms with Crippen LogP contribution in [-0.2, 0) is 17.6 Å². The Bertz CT molecular complexity index is 1330. The fourth-order valence-corrected chi connectivity index (χ4v) is 4.66. The van der Waals surface area contributed by atoms with Crippen LogP contribution in [0.3, 0.4) is 0 Å². The van der Waals surface area contributed by atoms with Crippen molar-refractivity contribution in [2.24, 2.45) is 0 Å². The minimum absolute atomic E-state index is 0.0445. The maximum atomic E-state index is 13.4. The molecule has 0 bridgehead atoms. The van der Waals surface area contributed by atoms with E-state index in [0.29, 0.717) is 30.1 Å². The van der Waals surface area contributed by atoms with Gasteiger partial charge in [0.2, 0.25) is 5.91 Å². The zero-order valence-corrected chi connectivity index (χ0v) is 18.7. The highest BCUT2D eigenvalue weighted by atomic mass is 35.5. The topological polar surface area (TPSA) is 78.1 Å². The Morgan fingerprint density at radius 2 is 2.00 bits per heavy atom. The molecule has 0 saturated heterocycles. The van der Waals surface area contributed by atoms with Crippen LogP contribution in [0.4, 0.5) is 0 Å². The van der Waals surface area contributed by atoms with E-state index < -0.39 is 0 Å². The van der Waals surface area contributed by atoms with Gasteiger partial charge in [0.25, 0.3) is 5.91 Å². The molecule has 0 spiro atoms. The summed E-state index contributed by atoms with van der Waals surface area (Å²) in [5.41, 5.74) is 4.69. The largest absolute Gasteiger partial charge is 0.361 e. The number of aromatic amines is 1. The molecular weight excluding hydrogens is 436 g/mol. The van der Waals surface area contributed by atoms with Gasteiger partial charge in [-0.15, -0.1) is 0 Å². The molecule has 0 saturated carbocycles. The van der Waals surface area contributed by atoms with E-state index >= 15 is 0 Å². The summed E-state index contributed by atoms with van der Waals surface area (Å²) < 4.78 is 0. The van der Waals surface area contributed by atoms with E-state index in [2.05, 4.69) is 21.4 Å². The zero-order chi connectivity index (χ0) is 22.8. The highest BCUT2D eigenvalue weighted by Crippen LogP contribution is 2.30. The second-order valence-electron chi connectivity index (χ2n) is 8.23. The number of aromatic nitrogens is 2.